The molecule has 2 N–H and O–H groups in total. The quantitative estimate of drug-likeness (QED) is 0.940. The maximum Gasteiger partial charge on any atom is 0.147 e. The largest absolute Gasteiger partial charge is 0.489 e. The second kappa shape index (κ2) is 5.55. The predicted octanol–water partition coefficient (Wildman–Crippen LogP) is 3.22. The molecule has 21 heavy (non-hydrogen) atoms. The molecule has 0 radical (unpaired) electrons. The Morgan fingerprint density at radius 2 is 2.10 bits per heavy atom. The summed E-state index contributed by atoms with van der Waals surface area (Å²) >= 11 is 0. The number of hydrogen-bond acceptors (Lipinski definition) is 3. The van der Waals surface area contributed by atoms with Gasteiger partial charge in [-0.15, -0.1) is 0 Å². The van der Waals surface area contributed by atoms with Crippen molar-refractivity contribution in [3.63, 3.8) is 0 Å². The van der Waals surface area contributed by atoms with Crippen LogP contribution in [0.1, 0.15) is 34.7 Å². The van der Waals surface area contributed by atoms with Crippen molar-refractivity contribution in [3.05, 3.63) is 64.5 Å². The summed E-state index contributed by atoms with van der Waals surface area (Å²) in [4.78, 5) is 0. The molecular weight excluding hydrogens is 267 g/mol. The van der Waals surface area contributed by atoms with Crippen molar-refractivity contribution in [3.8, 4) is 11.8 Å². The molecule has 3 rings (SSSR count). The molecule has 106 valence electrons. The molecule has 0 amide bonds. The third-order valence-electron chi connectivity index (χ3n) is 3.86. The summed E-state index contributed by atoms with van der Waals surface area (Å²) in [5, 5.41) is 8.84. The Balaban J connectivity index is 1.83. The molecule has 0 saturated heterocycles. The number of nitrogens with zero attached hydrogens (tertiary/aromatic N) is 1. The van der Waals surface area contributed by atoms with E-state index in [1.54, 1.807) is 12.1 Å². The lowest BCUT2D eigenvalue weighted by Crippen LogP contribution is -2.05. The third kappa shape index (κ3) is 2.48. The van der Waals surface area contributed by atoms with Crippen molar-refractivity contribution in [2.24, 2.45) is 5.73 Å². The van der Waals surface area contributed by atoms with Gasteiger partial charge in [-0.2, -0.15) is 5.26 Å². The van der Waals surface area contributed by atoms with Crippen molar-refractivity contribution in [2.45, 2.75) is 25.5 Å². The number of benzene rings is 2. The fourth-order valence-electron chi connectivity index (χ4n) is 2.72. The lowest BCUT2D eigenvalue weighted by molar-refractivity contribution is 0.297. The number of hydrogen-bond donors (Lipinski definition) is 1. The van der Waals surface area contributed by atoms with Gasteiger partial charge in [-0.3, -0.25) is 0 Å². The summed E-state index contributed by atoms with van der Waals surface area (Å²) in [5.41, 5.74) is 8.68. The fraction of sp³-hybridized carbons (Fsp3) is 0.235. The molecular formula is C17H15FN2O. The highest BCUT2D eigenvalue weighted by atomic mass is 19.1. The van der Waals surface area contributed by atoms with Crippen LogP contribution in [0.2, 0.25) is 0 Å². The first-order valence-corrected chi connectivity index (χ1v) is 6.88. The molecule has 4 heteroatoms. The molecule has 3 nitrogen and oxygen atoms in total. The van der Waals surface area contributed by atoms with Crippen LogP contribution in [0.25, 0.3) is 0 Å². The monoisotopic (exact) mass is 282 g/mol. The van der Waals surface area contributed by atoms with Gasteiger partial charge in [-0.25, -0.2) is 4.39 Å². The van der Waals surface area contributed by atoms with E-state index in [9.17, 15) is 4.39 Å². The highest BCUT2D eigenvalue weighted by molar-refractivity contribution is 5.45. The first-order valence-electron chi connectivity index (χ1n) is 6.88. The minimum atomic E-state index is -0.510. The van der Waals surface area contributed by atoms with Crippen LogP contribution in [0.5, 0.6) is 5.75 Å². The van der Waals surface area contributed by atoms with E-state index < -0.39 is 5.82 Å². The van der Waals surface area contributed by atoms with Crippen LogP contribution in [-0.2, 0) is 13.0 Å². The van der Waals surface area contributed by atoms with E-state index in [1.165, 1.54) is 6.07 Å². The van der Waals surface area contributed by atoms with Gasteiger partial charge in [0.1, 0.15) is 24.2 Å². The second-order valence-corrected chi connectivity index (χ2v) is 5.15. The van der Waals surface area contributed by atoms with E-state index in [1.807, 2.05) is 24.3 Å². The molecule has 0 spiro atoms. The lowest BCUT2D eigenvalue weighted by atomic mass is 10.1. The second-order valence-electron chi connectivity index (χ2n) is 5.15. The average Bonchev–Trinajstić information content (AvgIpc) is 2.88. The van der Waals surface area contributed by atoms with E-state index >= 15 is 0 Å². The van der Waals surface area contributed by atoms with Gasteiger partial charge < -0.3 is 10.5 Å². The summed E-state index contributed by atoms with van der Waals surface area (Å²) in [5.74, 6) is 0.242. The van der Waals surface area contributed by atoms with Gasteiger partial charge >= 0.3 is 0 Å². The first kappa shape index (κ1) is 13.6. The van der Waals surface area contributed by atoms with Gasteiger partial charge in [0, 0.05) is 11.6 Å². The van der Waals surface area contributed by atoms with Crippen LogP contribution in [-0.4, -0.2) is 0 Å². The van der Waals surface area contributed by atoms with E-state index in [4.69, 9.17) is 15.7 Å². The van der Waals surface area contributed by atoms with Crippen molar-refractivity contribution >= 4 is 0 Å². The third-order valence-corrected chi connectivity index (χ3v) is 3.86. The Morgan fingerprint density at radius 1 is 1.29 bits per heavy atom. The smallest absolute Gasteiger partial charge is 0.147 e. The molecule has 2 aromatic carbocycles. The minimum absolute atomic E-state index is 0.0383. The maximum absolute atomic E-state index is 14.0. The SMILES string of the molecule is N#Cc1cccc(COc2cccc3c2CCC3N)c1F. The maximum atomic E-state index is 14.0. The number of nitrogens with two attached hydrogens (primary N) is 1. The zero-order valence-corrected chi connectivity index (χ0v) is 11.5. The Morgan fingerprint density at radius 3 is 2.90 bits per heavy atom. The standard InChI is InChI=1S/C17H15FN2O/c18-17-11(9-19)3-1-4-12(17)10-21-16-6-2-5-13-14(16)7-8-15(13)20/h1-6,15H,7-8,10,20H2. The predicted molar refractivity (Wildman–Crippen MR) is 77.1 cm³/mol. The molecule has 0 heterocycles. The Labute approximate surface area is 122 Å². The molecule has 2 aromatic rings. The van der Waals surface area contributed by atoms with Crippen LogP contribution in [0.4, 0.5) is 4.39 Å². The Hall–Kier alpha value is -2.38. The molecule has 1 aliphatic rings. The normalized spacial score (nSPS) is 16.3. The molecule has 0 saturated carbocycles. The van der Waals surface area contributed by atoms with Crippen molar-refractivity contribution < 1.29 is 9.13 Å². The van der Waals surface area contributed by atoms with Crippen LogP contribution < -0.4 is 10.5 Å². The molecule has 0 bridgehead atoms. The molecule has 0 fully saturated rings. The lowest BCUT2D eigenvalue weighted by Gasteiger charge is -2.12. The molecule has 1 aliphatic carbocycles. The summed E-state index contributed by atoms with van der Waals surface area (Å²) in [7, 11) is 0. The van der Waals surface area contributed by atoms with Crippen molar-refractivity contribution in [1.82, 2.24) is 0 Å². The van der Waals surface area contributed by atoms with Gasteiger partial charge in [0.25, 0.3) is 0 Å². The highest BCUT2D eigenvalue weighted by Crippen LogP contribution is 2.35. The zero-order valence-electron chi connectivity index (χ0n) is 11.5. The summed E-state index contributed by atoms with van der Waals surface area (Å²) in [6.45, 7) is 0.104. The Kier molecular flexibility index (Phi) is 3.59. The van der Waals surface area contributed by atoms with E-state index in [2.05, 4.69) is 0 Å². The first-order chi connectivity index (χ1) is 10.2. The van der Waals surface area contributed by atoms with Gasteiger partial charge in [0.2, 0.25) is 0 Å². The summed E-state index contributed by atoms with van der Waals surface area (Å²) in [6.07, 6.45) is 1.79. The van der Waals surface area contributed by atoms with Crippen molar-refractivity contribution in [2.75, 3.05) is 0 Å². The van der Waals surface area contributed by atoms with E-state index in [-0.39, 0.29) is 18.2 Å². The molecule has 1 unspecified atom stereocenters. The number of halogens is 1. The van der Waals surface area contributed by atoms with E-state index in [0.29, 0.717) is 5.56 Å². The molecule has 0 aliphatic heterocycles. The van der Waals surface area contributed by atoms with Crippen molar-refractivity contribution in [1.29, 1.82) is 5.26 Å². The van der Waals surface area contributed by atoms with E-state index in [0.717, 1.165) is 29.7 Å². The number of rotatable bonds is 3. The van der Waals surface area contributed by atoms with Gasteiger partial charge in [0.15, 0.2) is 0 Å². The van der Waals surface area contributed by atoms with Crippen LogP contribution in [0.3, 0.4) is 0 Å². The molecule has 1 atom stereocenters. The van der Waals surface area contributed by atoms with Crippen LogP contribution >= 0.6 is 0 Å². The van der Waals surface area contributed by atoms with Crippen LogP contribution in [0, 0.1) is 17.1 Å². The van der Waals surface area contributed by atoms with Gasteiger partial charge in [0.05, 0.1) is 5.56 Å². The molecule has 0 aromatic heterocycles. The zero-order chi connectivity index (χ0) is 14.8. The topological polar surface area (TPSA) is 59.0 Å². The number of fused-ring (bicyclic) bond motifs is 1. The average molecular weight is 282 g/mol. The summed E-state index contributed by atoms with van der Waals surface area (Å²) < 4.78 is 19.7. The fourth-order valence-corrected chi connectivity index (χ4v) is 2.72. The summed E-state index contributed by atoms with van der Waals surface area (Å²) in [6, 6.07) is 12.4. The minimum Gasteiger partial charge on any atom is -0.489 e. The van der Waals surface area contributed by atoms with Gasteiger partial charge in [-0.1, -0.05) is 24.3 Å². The van der Waals surface area contributed by atoms with Crippen LogP contribution in [0.15, 0.2) is 36.4 Å². The van der Waals surface area contributed by atoms with Gasteiger partial charge in [-0.05, 0) is 36.1 Å². The Bertz CT molecular complexity index is 721. The number of nitriles is 1. The highest BCUT2D eigenvalue weighted by Gasteiger charge is 2.22. The number of ether oxygens (including phenoxy) is 1.